The Morgan fingerprint density at radius 2 is 1.86 bits per heavy atom. The minimum Gasteiger partial charge on any atom is -0.473 e. The Labute approximate surface area is 222 Å². The summed E-state index contributed by atoms with van der Waals surface area (Å²) in [6.45, 7) is 0.180. The second kappa shape index (κ2) is 10.0. The van der Waals surface area contributed by atoms with E-state index in [2.05, 4.69) is 17.8 Å². The molecule has 2 unspecified atom stereocenters. The smallest absolute Gasteiger partial charge is 0.248 e. The normalized spacial score (nSPS) is 20.0. The monoisotopic (exact) mass is 538 g/mol. The van der Waals surface area contributed by atoms with Crippen molar-refractivity contribution >= 4 is 47.4 Å². The van der Waals surface area contributed by atoms with Gasteiger partial charge in [-0.3, -0.25) is 13.9 Å². The minimum atomic E-state index is -1.23. The largest absolute Gasteiger partial charge is 0.473 e. The molecule has 2 atom stereocenters. The Morgan fingerprint density at radius 3 is 2.58 bits per heavy atom. The Morgan fingerprint density at radius 1 is 1.08 bits per heavy atom. The van der Waals surface area contributed by atoms with Crippen LogP contribution in [-0.2, 0) is 21.7 Å². The molecule has 1 aliphatic heterocycles. The highest BCUT2D eigenvalue weighted by molar-refractivity contribution is 7.78. The summed E-state index contributed by atoms with van der Waals surface area (Å²) >= 11 is 12.4. The molecule has 4 aromatic rings. The van der Waals surface area contributed by atoms with E-state index in [0.717, 1.165) is 11.1 Å². The molecular formula is C27H20ClFN2O3S2. The molecule has 1 saturated heterocycles. The maximum absolute atomic E-state index is 13.7. The number of carbonyl (C=O) groups excluding carboxylic acids is 2. The van der Waals surface area contributed by atoms with Crippen LogP contribution in [0.2, 0.25) is 5.02 Å². The standard InChI is InChI=1S/C27H20ClFN2O3S2/c28-21-5-2-1-4-20(21)25-22(32)14-27(31(35)26(25)33,18-12-13-36-16-18)23-6-3-7-24(30-23)34-15-17-8-10-19(29)11-9-17/h1-13,16,25,35H,14-15H2. The zero-order valence-electron chi connectivity index (χ0n) is 18.8. The summed E-state index contributed by atoms with van der Waals surface area (Å²) in [6.07, 6.45) is -0.0384. The van der Waals surface area contributed by atoms with Gasteiger partial charge in [-0.05, 0) is 57.8 Å². The predicted octanol–water partition coefficient (Wildman–Crippen LogP) is 6.19. The summed E-state index contributed by atoms with van der Waals surface area (Å²) < 4.78 is 20.4. The number of ether oxygens (including phenoxy) is 1. The topological polar surface area (TPSA) is 59.5 Å². The van der Waals surface area contributed by atoms with Gasteiger partial charge in [-0.2, -0.15) is 11.3 Å². The number of rotatable bonds is 6. The summed E-state index contributed by atoms with van der Waals surface area (Å²) in [7, 11) is 0. The van der Waals surface area contributed by atoms with Gasteiger partial charge in [0.2, 0.25) is 11.8 Å². The summed E-state index contributed by atoms with van der Waals surface area (Å²) in [6, 6.07) is 19.9. The number of ketones is 1. The van der Waals surface area contributed by atoms with Gasteiger partial charge in [0.1, 0.15) is 23.9 Å². The fourth-order valence-electron chi connectivity index (χ4n) is 4.43. The maximum Gasteiger partial charge on any atom is 0.248 e. The lowest BCUT2D eigenvalue weighted by atomic mass is 9.75. The zero-order chi connectivity index (χ0) is 25.3. The number of halogens is 2. The van der Waals surface area contributed by atoms with Gasteiger partial charge in [-0.15, -0.1) is 0 Å². The number of aromatic nitrogens is 1. The first-order valence-corrected chi connectivity index (χ1v) is 12.8. The average molecular weight is 539 g/mol. The summed E-state index contributed by atoms with van der Waals surface area (Å²) in [4.78, 5) is 31.9. The van der Waals surface area contributed by atoms with Crippen molar-refractivity contribution in [3.05, 3.63) is 117 Å². The number of piperidine rings is 1. The molecule has 0 N–H and O–H groups in total. The van der Waals surface area contributed by atoms with E-state index >= 15 is 0 Å². The molecule has 0 saturated carbocycles. The van der Waals surface area contributed by atoms with Crippen LogP contribution in [-0.4, -0.2) is 21.0 Å². The molecule has 5 rings (SSSR count). The number of hydrogen-bond donors (Lipinski definition) is 1. The van der Waals surface area contributed by atoms with E-state index < -0.39 is 17.4 Å². The van der Waals surface area contributed by atoms with Gasteiger partial charge in [-0.1, -0.05) is 60.8 Å². The van der Waals surface area contributed by atoms with Crippen molar-refractivity contribution in [2.45, 2.75) is 24.5 Å². The molecule has 2 aromatic heterocycles. The van der Waals surface area contributed by atoms with Crippen molar-refractivity contribution in [2.24, 2.45) is 0 Å². The van der Waals surface area contributed by atoms with E-state index in [1.54, 1.807) is 54.6 Å². The van der Waals surface area contributed by atoms with Crippen LogP contribution in [0.25, 0.3) is 0 Å². The van der Waals surface area contributed by atoms with Crippen LogP contribution in [0.3, 0.4) is 0 Å². The molecule has 3 heterocycles. The van der Waals surface area contributed by atoms with Crippen LogP contribution in [0.15, 0.2) is 83.6 Å². The highest BCUT2D eigenvalue weighted by Crippen LogP contribution is 2.48. The van der Waals surface area contributed by atoms with Crippen molar-refractivity contribution in [2.75, 3.05) is 0 Å². The molecule has 0 radical (unpaired) electrons. The fourth-order valence-corrected chi connectivity index (χ4v) is 5.80. The first kappa shape index (κ1) is 24.5. The van der Waals surface area contributed by atoms with Crippen molar-refractivity contribution in [1.29, 1.82) is 0 Å². The summed E-state index contributed by atoms with van der Waals surface area (Å²) in [5.41, 5.74) is 1.18. The predicted molar refractivity (Wildman–Crippen MR) is 140 cm³/mol. The Kier molecular flexibility index (Phi) is 6.83. The number of nitrogens with zero attached hydrogens (tertiary/aromatic N) is 2. The van der Waals surface area contributed by atoms with Gasteiger partial charge in [0.15, 0.2) is 5.78 Å². The minimum absolute atomic E-state index is 0.0384. The summed E-state index contributed by atoms with van der Waals surface area (Å²) in [5.74, 6) is -1.83. The van der Waals surface area contributed by atoms with Crippen LogP contribution in [0.4, 0.5) is 4.39 Å². The number of thiophene rings is 1. The summed E-state index contributed by atoms with van der Waals surface area (Å²) in [5, 5.41) is 4.11. The van der Waals surface area contributed by atoms with Gasteiger partial charge in [0, 0.05) is 17.5 Å². The third-order valence-corrected chi connectivity index (χ3v) is 7.80. The number of Topliss-reactive ketones (excluding diaryl/α,β-unsaturated/α-hetero) is 1. The van der Waals surface area contributed by atoms with Crippen molar-refractivity contribution < 1.29 is 18.7 Å². The van der Waals surface area contributed by atoms with E-state index in [4.69, 9.17) is 16.3 Å². The molecule has 9 heteroatoms. The van der Waals surface area contributed by atoms with E-state index in [1.165, 1.54) is 27.8 Å². The Bertz CT molecular complexity index is 1410. The molecule has 1 aliphatic rings. The fraction of sp³-hybridized carbons (Fsp3) is 0.148. The second-order valence-corrected chi connectivity index (χ2v) is 9.98. The molecular weight excluding hydrogens is 519 g/mol. The van der Waals surface area contributed by atoms with Crippen molar-refractivity contribution in [3.8, 4) is 5.88 Å². The lowest BCUT2D eigenvalue weighted by Gasteiger charge is -2.45. The Hall–Kier alpha value is -3.20. The highest BCUT2D eigenvalue weighted by atomic mass is 35.5. The Balaban J connectivity index is 1.52. The number of amides is 1. The molecule has 1 amide bonds. The van der Waals surface area contributed by atoms with Crippen LogP contribution < -0.4 is 4.74 Å². The molecule has 0 spiro atoms. The third-order valence-electron chi connectivity index (χ3n) is 6.23. The van der Waals surface area contributed by atoms with Crippen LogP contribution in [0.5, 0.6) is 5.88 Å². The van der Waals surface area contributed by atoms with Gasteiger partial charge < -0.3 is 4.74 Å². The molecule has 36 heavy (non-hydrogen) atoms. The molecule has 2 aromatic carbocycles. The lowest BCUT2D eigenvalue weighted by Crippen LogP contribution is -2.54. The van der Waals surface area contributed by atoms with E-state index in [0.29, 0.717) is 22.2 Å². The van der Waals surface area contributed by atoms with Crippen LogP contribution >= 0.6 is 35.8 Å². The van der Waals surface area contributed by atoms with Crippen molar-refractivity contribution in [1.82, 2.24) is 9.29 Å². The molecule has 5 nitrogen and oxygen atoms in total. The molecule has 0 bridgehead atoms. The first-order chi connectivity index (χ1) is 17.4. The highest BCUT2D eigenvalue weighted by Gasteiger charge is 2.53. The first-order valence-electron chi connectivity index (χ1n) is 11.1. The van der Waals surface area contributed by atoms with Crippen molar-refractivity contribution in [3.63, 3.8) is 0 Å². The number of thiol groups is 1. The van der Waals surface area contributed by atoms with Gasteiger partial charge in [-0.25, -0.2) is 9.37 Å². The van der Waals surface area contributed by atoms with Gasteiger partial charge >= 0.3 is 0 Å². The SMILES string of the molecule is O=C1CC(c2ccsc2)(c2cccc(OCc3ccc(F)cc3)n2)N(S)C(=O)C1c1ccccc1Cl. The number of pyridine rings is 1. The molecule has 1 fully saturated rings. The maximum atomic E-state index is 13.7. The van der Waals surface area contributed by atoms with E-state index in [1.807, 2.05) is 16.8 Å². The van der Waals surface area contributed by atoms with E-state index in [-0.39, 0.29) is 24.6 Å². The van der Waals surface area contributed by atoms with Crippen LogP contribution in [0, 0.1) is 5.82 Å². The average Bonchev–Trinajstić information content (AvgIpc) is 3.43. The number of carbonyl (C=O) groups is 2. The van der Waals surface area contributed by atoms with Gasteiger partial charge in [0.05, 0.1) is 5.69 Å². The second-order valence-electron chi connectivity index (χ2n) is 8.40. The van der Waals surface area contributed by atoms with E-state index in [9.17, 15) is 14.0 Å². The third kappa shape index (κ3) is 4.40. The molecule has 0 aliphatic carbocycles. The quantitative estimate of drug-likeness (QED) is 0.235. The van der Waals surface area contributed by atoms with Crippen LogP contribution in [0.1, 0.15) is 34.7 Å². The lowest BCUT2D eigenvalue weighted by molar-refractivity contribution is -0.142. The molecule has 182 valence electrons. The number of hydrogen-bond acceptors (Lipinski definition) is 6. The zero-order valence-corrected chi connectivity index (χ0v) is 21.3. The number of benzene rings is 2. The van der Waals surface area contributed by atoms with Gasteiger partial charge in [0.25, 0.3) is 0 Å².